The van der Waals surface area contributed by atoms with Crippen molar-refractivity contribution in [2.24, 2.45) is 28.1 Å². The van der Waals surface area contributed by atoms with Crippen molar-refractivity contribution in [1.29, 1.82) is 0 Å². The van der Waals surface area contributed by atoms with Crippen molar-refractivity contribution in [3.05, 3.63) is 29.6 Å². The summed E-state index contributed by atoms with van der Waals surface area (Å²) in [6, 6.07) is 7.46. The van der Waals surface area contributed by atoms with Crippen molar-refractivity contribution in [2.45, 2.75) is 120 Å². The van der Waals surface area contributed by atoms with Crippen LogP contribution < -0.4 is 10.9 Å². The van der Waals surface area contributed by atoms with Gasteiger partial charge in [0.05, 0.1) is 26.8 Å². The maximum atomic E-state index is 13.7. The second kappa shape index (κ2) is 10.8. The van der Waals surface area contributed by atoms with E-state index in [0.29, 0.717) is 31.6 Å². The van der Waals surface area contributed by atoms with Crippen LogP contribution in [0.25, 0.3) is 11.0 Å². The van der Waals surface area contributed by atoms with E-state index >= 15 is 0 Å². The van der Waals surface area contributed by atoms with Crippen LogP contribution in [0.1, 0.15) is 88.6 Å². The van der Waals surface area contributed by atoms with Crippen LogP contribution in [0.15, 0.2) is 18.2 Å². The monoisotopic (exact) mass is 594 g/mol. The summed E-state index contributed by atoms with van der Waals surface area (Å²) >= 11 is 0. The van der Waals surface area contributed by atoms with Crippen LogP contribution >= 0.6 is 0 Å². The zero-order chi connectivity index (χ0) is 29.1. The molecule has 40 heavy (non-hydrogen) atoms. The summed E-state index contributed by atoms with van der Waals surface area (Å²) in [4.78, 5) is 5.19. The molecular formula is C30H48F2N4O2SSi. The maximum absolute atomic E-state index is 13.7. The van der Waals surface area contributed by atoms with Gasteiger partial charge in [0, 0.05) is 39.5 Å². The highest BCUT2D eigenvalue weighted by atomic mass is 32.2. The lowest BCUT2D eigenvalue weighted by molar-refractivity contribution is -0.207. The number of nitrogens with two attached hydrogens (primary N) is 2. The molecule has 0 amide bonds. The van der Waals surface area contributed by atoms with Crippen LogP contribution in [0.2, 0.25) is 25.7 Å². The summed E-state index contributed by atoms with van der Waals surface area (Å²) in [7, 11) is -2.76. The van der Waals surface area contributed by atoms with E-state index in [2.05, 4.69) is 42.4 Å². The van der Waals surface area contributed by atoms with Crippen molar-refractivity contribution in [2.75, 3.05) is 6.61 Å². The Bertz CT molecular complexity index is 1240. The zero-order valence-electron chi connectivity index (χ0n) is 24.8. The van der Waals surface area contributed by atoms with Crippen LogP contribution in [-0.4, -0.2) is 39.1 Å². The maximum Gasteiger partial charge on any atom is 0.249 e. The van der Waals surface area contributed by atoms with Gasteiger partial charge >= 0.3 is 0 Å². The highest BCUT2D eigenvalue weighted by Gasteiger charge is 2.61. The molecule has 1 unspecified atom stereocenters. The first-order chi connectivity index (χ1) is 18.6. The van der Waals surface area contributed by atoms with E-state index in [1.54, 1.807) is 0 Å². The quantitative estimate of drug-likeness (QED) is 0.196. The highest BCUT2D eigenvalue weighted by Crippen LogP contribution is 2.65. The summed E-state index contributed by atoms with van der Waals surface area (Å²) < 4.78 is 47.7. The second-order valence-electron chi connectivity index (χ2n) is 15.0. The second-order valence-corrected chi connectivity index (χ2v) is 22.4. The van der Waals surface area contributed by atoms with Gasteiger partial charge in [-0.05, 0) is 93.4 Å². The molecule has 10 heteroatoms. The Labute approximate surface area is 241 Å². The van der Waals surface area contributed by atoms with Gasteiger partial charge in [-0.25, -0.2) is 18.0 Å². The minimum absolute atomic E-state index is 0.0148. The Morgan fingerprint density at radius 3 is 2.48 bits per heavy atom. The van der Waals surface area contributed by atoms with Crippen molar-refractivity contribution in [3.63, 3.8) is 0 Å². The Morgan fingerprint density at radius 2 is 1.90 bits per heavy atom. The number of aromatic nitrogens is 2. The van der Waals surface area contributed by atoms with Gasteiger partial charge in [0.1, 0.15) is 12.6 Å². The summed E-state index contributed by atoms with van der Waals surface area (Å²) in [5, 5.41) is 5.94. The number of ether oxygens (including phenoxy) is 1. The first kappa shape index (κ1) is 30.3. The molecule has 3 aliphatic carbocycles. The third-order valence-electron chi connectivity index (χ3n) is 9.51. The predicted octanol–water partition coefficient (Wildman–Crippen LogP) is 6.85. The van der Waals surface area contributed by atoms with Crippen molar-refractivity contribution < 1.29 is 17.7 Å². The summed E-state index contributed by atoms with van der Waals surface area (Å²) in [6.45, 7) is 12.0. The van der Waals surface area contributed by atoms with Gasteiger partial charge in [-0.2, -0.15) is 0 Å². The molecule has 4 N–H and O–H groups in total. The largest absolute Gasteiger partial charge is 0.361 e. The van der Waals surface area contributed by atoms with Crippen LogP contribution in [0.3, 0.4) is 0 Å². The van der Waals surface area contributed by atoms with Gasteiger partial charge in [-0.1, -0.05) is 25.7 Å². The molecular weight excluding hydrogens is 547 g/mol. The minimum atomic E-state index is -2.50. The molecule has 3 atom stereocenters. The normalized spacial score (nSPS) is 23.1. The Balaban J connectivity index is 1.44. The molecule has 1 heterocycles. The number of rotatable bonds is 13. The molecule has 3 aliphatic rings. The van der Waals surface area contributed by atoms with Crippen LogP contribution in [0.4, 0.5) is 8.78 Å². The molecule has 5 rings (SSSR count). The smallest absolute Gasteiger partial charge is 0.249 e. The molecule has 6 nitrogen and oxygen atoms in total. The third-order valence-corrected chi connectivity index (χ3v) is 12.5. The van der Waals surface area contributed by atoms with Gasteiger partial charge in [0.25, 0.3) is 0 Å². The number of halogens is 2. The SMILES string of the molecule is CC(C)(C[C@H](CC1CC2(C1)CC(F)(F)C2)c1nc2cc([C@H](N)C3CC3)ccc2n1COCC[Si](C)(C)C)S(N)=O. The third kappa shape index (κ3) is 6.71. The summed E-state index contributed by atoms with van der Waals surface area (Å²) in [5.41, 5.74) is 9.39. The fraction of sp³-hybridized carbons (Fsp3) is 0.767. The summed E-state index contributed by atoms with van der Waals surface area (Å²) in [5.74, 6) is -0.703. The lowest BCUT2D eigenvalue weighted by Gasteiger charge is -2.58. The van der Waals surface area contributed by atoms with E-state index in [-0.39, 0.29) is 30.2 Å². The van der Waals surface area contributed by atoms with Crippen LogP contribution in [-0.2, 0) is 22.5 Å². The number of imidazole rings is 1. The topological polar surface area (TPSA) is 96.2 Å². The van der Waals surface area contributed by atoms with E-state index in [4.69, 9.17) is 20.6 Å². The Kier molecular flexibility index (Phi) is 8.18. The number of nitrogens with zero attached hydrogens (tertiary/aromatic N) is 2. The van der Waals surface area contributed by atoms with Crippen molar-refractivity contribution >= 4 is 30.1 Å². The molecule has 0 saturated heterocycles. The summed E-state index contributed by atoms with van der Waals surface area (Å²) in [6.07, 6.45) is 5.47. The molecule has 1 spiro atoms. The molecule has 0 aliphatic heterocycles. The molecule has 3 fully saturated rings. The number of fused-ring (bicyclic) bond motifs is 1. The minimum Gasteiger partial charge on any atom is -0.361 e. The average molecular weight is 595 g/mol. The fourth-order valence-electron chi connectivity index (χ4n) is 7.11. The Morgan fingerprint density at radius 1 is 1.23 bits per heavy atom. The van der Waals surface area contributed by atoms with Crippen molar-refractivity contribution in [1.82, 2.24) is 9.55 Å². The molecule has 1 aromatic carbocycles. The average Bonchev–Trinajstić information content (AvgIpc) is 3.59. The molecule has 1 aromatic heterocycles. The number of alkyl halides is 2. The first-order valence-corrected chi connectivity index (χ1v) is 19.9. The van der Waals surface area contributed by atoms with E-state index in [0.717, 1.165) is 47.7 Å². The molecule has 3 saturated carbocycles. The molecule has 0 radical (unpaired) electrons. The molecule has 224 valence electrons. The van der Waals surface area contributed by atoms with Gasteiger partial charge in [-0.15, -0.1) is 0 Å². The number of hydrogen-bond acceptors (Lipinski definition) is 4. The molecule has 0 bridgehead atoms. The number of hydrogen-bond donors (Lipinski definition) is 2. The van der Waals surface area contributed by atoms with E-state index in [9.17, 15) is 13.0 Å². The van der Waals surface area contributed by atoms with Crippen molar-refractivity contribution in [3.8, 4) is 0 Å². The van der Waals surface area contributed by atoms with Gasteiger partial charge in [0.15, 0.2) is 0 Å². The standard InChI is InChI=1S/C30H48F2N4O2SSi/c1-28(2,39(34)37)16-23(12-20-14-29(15-20)17-30(31,32)18-29)27-35-24-13-22(26(33)21-6-7-21)8-9-25(24)36(27)19-38-10-11-40(3,4)5/h8-9,13,20-21,23,26H,6-7,10-12,14-19,33-34H2,1-5H3/t23-,26+,39?/m0/s1. The zero-order valence-corrected chi connectivity index (χ0v) is 26.7. The van der Waals surface area contributed by atoms with Crippen LogP contribution in [0, 0.1) is 17.3 Å². The van der Waals surface area contributed by atoms with E-state index in [1.165, 1.54) is 12.8 Å². The first-order valence-electron chi connectivity index (χ1n) is 14.9. The molecule has 2 aromatic rings. The van der Waals surface area contributed by atoms with E-state index in [1.807, 2.05) is 13.8 Å². The highest BCUT2D eigenvalue weighted by molar-refractivity contribution is 7.84. The predicted molar refractivity (Wildman–Crippen MR) is 161 cm³/mol. The fourth-order valence-corrected chi connectivity index (χ4v) is 8.23. The van der Waals surface area contributed by atoms with E-state index < -0.39 is 29.7 Å². The lowest BCUT2D eigenvalue weighted by atomic mass is 9.49. The van der Waals surface area contributed by atoms with Gasteiger partial charge in [-0.3, -0.25) is 5.14 Å². The van der Waals surface area contributed by atoms with Gasteiger partial charge in [0.2, 0.25) is 5.92 Å². The van der Waals surface area contributed by atoms with Gasteiger partial charge < -0.3 is 15.0 Å². The lowest BCUT2D eigenvalue weighted by Crippen LogP contribution is -2.53. The Hall–Kier alpha value is -1.20. The van der Waals surface area contributed by atoms with Crippen LogP contribution in [0.5, 0.6) is 0 Å². The number of benzene rings is 1.